The summed E-state index contributed by atoms with van der Waals surface area (Å²) in [6.45, 7) is 4.71. The van der Waals surface area contributed by atoms with E-state index < -0.39 is 6.10 Å². The van der Waals surface area contributed by atoms with E-state index in [0.717, 1.165) is 16.8 Å². The molecule has 1 atom stereocenters. The van der Waals surface area contributed by atoms with Gasteiger partial charge in [-0.25, -0.2) is 0 Å². The lowest BCUT2D eigenvalue weighted by molar-refractivity contribution is -0.129. The van der Waals surface area contributed by atoms with Gasteiger partial charge < -0.3 is 20.1 Å². The number of para-hydroxylation sites is 1. The molecule has 0 spiro atoms. The summed E-state index contributed by atoms with van der Waals surface area (Å²) in [6, 6.07) is 6.00. The van der Waals surface area contributed by atoms with Crippen LogP contribution in [0.2, 0.25) is 0 Å². The summed E-state index contributed by atoms with van der Waals surface area (Å²) in [6.07, 6.45) is -0.658. The molecular formula is C15H24N2O3. The van der Waals surface area contributed by atoms with E-state index in [-0.39, 0.29) is 25.6 Å². The number of benzene rings is 1. The molecule has 5 heteroatoms. The summed E-state index contributed by atoms with van der Waals surface area (Å²) in [5, 5.41) is 12.8. The van der Waals surface area contributed by atoms with Crippen LogP contribution in [0.4, 0.5) is 5.69 Å². The SMILES string of the molecule is COCC(O)CN(C)C(=O)CNc1c(C)cccc1C. The van der Waals surface area contributed by atoms with Crippen molar-refractivity contribution in [2.24, 2.45) is 0 Å². The Kier molecular flexibility index (Phi) is 6.48. The monoisotopic (exact) mass is 280 g/mol. The second-order valence-corrected chi connectivity index (χ2v) is 5.00. The molecule has 0 bridgehead atoms. The van der Waals surface area contributed by atoms with Crippen LogP contribution in [-0.4, -0.2) is 55.9 Å². The molecule has 0 radical (unpaired) electrons. The second-order valence-electron chi connectivity index (χ2n) is 5.00. The summed E-state index contributed by atoms with van der Waals surface area (Å²) in [5.41, 5.74) is 3.21. The highest BCUT2D eigenvalue weighted by Gasteiger charge is 2.14. The Morgan fingerprint density at radius 1 is 1.40 bits per heavy atom. The van der Waals surface area contributed by atoms with Crippen molar-refractivity contribution in [3.05, 3.63) is 29.3 Å². The highest BCUT2D eigenvalue weighted by molar-refractivity contribution is 5.81. The van der Waals surface area contributed by atoms with Gasteiger partial charge in [0, 0.05) is 26.4 Å². The van der Waals surface area contributed by atoms with Gasteiger partial charge in [0.05, 0.1) is 19.3 Å². The molecule has 0 heterocycles. The molecule has 0 aromatic heterocycles. The molecule has 20 heavy (non-hydrogen) atoms. The molecule has 0 aliphatic heterocycles. The number of ether oxygens (including phenoxy) is 1. The molecule has 5 nitrogen and oxygen atoms in total. The van der Waals surface area contributed by atoms with Gasteiger partial charge in [0.2, 0.25) is 5.91 Å². The molecule has 112 valence electrons. The van der Waals surface area contributed by atoms with E-state index >= 15 is 0 Å². The Morgan fingerprint density at radius 3 is 2.55 bits per heavy atom. The number of anilines is 1. The zero-order chi connectivity index (χ0) is 15.1. The van der Waals surface area contributed by atoms with Crippen LogP contribution in [0.25, 0.3) is 0 Å². The number of methoxy groups -OCH3 is 1. The molecule has 0 fully saturated rings. The largest absolute Gasteiger partial charge is 0.389 e. The van der Waals surface area contributed by atoms with E-state index in [1.165, 1.54) is 12.0 Å². The first kappa shape index (κ1) is 16.5. The van der Waals surface area contributed by atoms with Crippen molar-refractivity contribution >= 4 is 11.6 Å². The molecule has 0 saturated heterocycles. The number of hydrogen-bond acceptors (Lipinski definition) is 4. The lowest BCUT2D eigenvalue weighted by Gasteiger charge is -2.21. The Bertz CT molecular complexity index is 428. The third kappa shape index (κ3) is 4.83. The maximum atomic E-state index is 12.0. The molecule has 2 N–H and O–H groups in total. The Morgan fingerprint density at radius 2 is 2.00 bits per heavy atom. The van der Waals surface area contributed by atoms with Crippen molar-refractivity contribution in [3.8, 4) is 0 Å². The minimum atomic E-state index is -0.658. The Hall–Kier alpha value is -1.59. The van der Waals surface area contributed by atoms with E-state index in [2.05, 4.69) is 5.32 Å². The predicted molar refractivity (Wildman–Crippen MR) is 79.9 cm³/mol. The van der Waals surface area contributed by atoms with Crippen molar-refractivity contribution in [1.29, 1.82) is 0 Å². The molecule has 0 aliphatic rings. The van der Waals surface area contributed by atoms with Gasteiger partial charge in [0.25, 0.3) is 0 Å². The van der Waals surface area contributed by atoms with E-state index in [1.54, 1.807) is 7.05 Å². The number of aliphatic hydroxyl groups excluding tert-OH is 1. The van der Waals surface area contributed by atoms with Crippen molar-refractivity contribution in [2.45, 2.75) is 20.0 Å². The highest BCUT2D eigenvalue weighted by atomic mass is 16.5. The van der Waals surface area contributed by atoms with Crippen LogP contribution in [0.5, 0.6) is 0 Å². The normalized spacial score (nSPS) is 12.1. The maximum absolute atomic E-state index is 12.0. The zero-order valence-corrected chi connectivity index (χ0v) is 12.6. The van der Waals surface area contributed by atoms with Crippen molar-refractivity contribution in [1.82, 2.24) is 4.90 Å². The summed E-state index contributed by atoms with van der Waals surface area (Å²) in [7, 11) is 3.20. The van der Waals surface area contributed by atoms with Crippen LogP contribution in [-0.2, 0) is 9.53 Å². The number of carbonyl (C=O) groups excluding carboxylic acids is 1. The summed E-state index contributed by atoms with van der Waals surface area (Å²) < 4.78 is 4.84. The van der Waals surface area contributed by atoms with Crippen molar-refractivity contribution in [2.75, 3.05) is 39.2 Å². The van der Waals surface area contributed by atoms with Gasteiger partial charge in [-0.1, -0.05) is 18.2 Å². The van der Waals surface area contributed by atoms with Gasteiger partial charge in [-0.15, -0.1) is 0 Å². The van der Waals surface area contributed by atoms with E-state index in [4.69, 9.17) is 4.74 Å². The molecule has 1 aromatic carbocycles. The first-order valence-electron chi connectivity index (χ1n) is 6.66. The predicted octanol–water partition coefficient (Wildman–Crippen LogP) is 1.18. The number of likely N-dealkylation sites (N-methyl/N-ethyl adjacent to an activating group) is 1. The lowest BCUT2D eigenvalue weighted by Crippen LogP contribution is -2.39. The summed E-state index contributed by atoms with van der Waals surface area (Å²) in [4.78, 5) is 13.5. The minimum Gasteiger partial charge on any atom is -0.389 e. The number of hydrogen-bond donors (Lipinski definition) is 2. The topological polar surface area (TPSA) is 61.8 Å². The summed E-state index contributed by atoms with van der Waals surface area (Å²) in [5.74, 6) is -0.0668. The van der Waals surface area contributed by atoms with Gasteiger partial charge in [-0.2, -0.15) is 0 Å². The fraction of sp³-hybridized carbons (Fsp3) is 0.533. The number of carbonyl (C=O) groups is 1. The number of rotatable bonds is 7. The summed E-state index contributed by atoms with van der Waals surface area (Å²) >= 11 is 0. The highest BCUT2D eigenvalue weighted by Crippen LogP contribution is 2.18. The minimum absolute atomic E-state index is 0.0668. The number of nitrogens with zero attached hydrogens (tertiary/aromatic N) is 1. The van der Waals surface area contributed by atoms with Crippen molar-refractivity contribution in [3.63, 3.8) is 0 Å². The second kappa shape index (κ2) is 7.87. The van der Waals surface area contributed by atoms with Crippen LogP contribution in [0.15, 0.2) is 18.2 Å². The van der Waals surface area contributed by atoms with Crippen LogP contribution in [0, 0.1) is 13.8 Å². The number of amides is 1. The van der Waals surface area contributed by atoms with E-state index in [0.29, 0.717) is 0 Å². The Balaban J connectivity index is 2.50. The fourth-order valence-electron chi connectivity index (χ4n) is 2.06. The Labute approximate surface area is 120 Å². The average Bonchev–Trinajstić information content (AvgIpc) is 2.38. The molecular weight excluding hydrogens is 256 g/mol. The van der Waals surface area contributed by atoms with Gasteiger partial charge in [0.15, 0.2) is 0 Å². The number of aliphatic hydroxyl groups is 1. The van der Waals surface area contributed by atoms with Gasteiger partial charge in [-0.05, 0) is 25.0 Å². The molecule has 1 amide bonds. The first-order valence-corrected chi connectivity index (χ1v) is 6.66. The third-order valence-electron chi connectivity index (χ3n) is 3.17. The van der Waals surface area contributed by atoms with Crippen LogP contribution >= 0.6 is 0 Å². The maximum Gasteiger partial charge on any atom is 0.241 e. The number of nitrogens with one attached hydrogen (secondary N) is 1. The molecule has 1 aromatic rings. The van der Waals surface area contributed by atoms with Gasteiger partial charge in [0.1, 0.15) is 0 Å². The van der Waals surface area contributed by atoms with Crippen molar-refractivity contribution < 1.29 is 14.6 Å². The van der Waals surface area contributed by atoms with Gasteiger partial charge in [-0.3, -0.25) is 4.79 Å². The third-order valence-corrected chi connectivity index (χ3v) is 3.17. The lowest BCUT2D eigenvalue weighted by atomic mass is 10.1. The quantitative estimate of drug-likeness (QED) is 0.787. The standard InChI is InChI=1S/C15H24N2O3/c1-11-6-5-7-12(2)15(11)16-8-14(19)17(3)9-13(18)10-20-4/h5-7,13,16,18H,8-10H2,1-4H3. The van der Waals surface area contributed by atoms with Crippen LogP contribution < -0.4 is 5.32 Å². The average molecular weight is 280 g/mol. The zero-order valence-electron chi connectivity index (χ0n) is 12.6. The molecule has 0 aliphatic carbocycles. The molecule has 1 rings (SSSR count). The smallest absolute Gasteiger partial charge is 0.241 e. The fourth-order valence-corrected chi connectivity index (χ4v) is 2.06. The molecule has 1 unspecified atom stereocenters. The number of aryl methyl sites for hydroxylation is 2. The van der Waals surface area contributed by atoms with Crippen LogP contribution in [0.3, 0.4) is 0 Å². The van der Waals surface area contributed by atoms with Crippen LogP contribution in [0.1, 0.15) is 11.1 Å². The van der Waals surface area contributed by atoms with Gasteiger partial charge >= 0.3 is 0 Å². The van der Waals surface area contributed by atoms with E-state index in [9.17, 15) is 9.90 Å². The first-order chi connectivity index (χ1) is 9.45. The molecule has 0 saturated carbocycles. The van der Waals surface area contributed by atoms with E-state index in [1.807, 2.05) is 32.0 Å².